The topological polar surface area (TPSA) is 66.4 Å². The molecular weight excluding hydrogens is 242 g/mol. The Bertz CT molecular complexity index is 520. The zero-order valence-corrected chi connectivity index (χ0v) is 11.3. The van der Waals surface area contributed by atoms with Crippen LogP contribution in [0.2, 0.25) is 0 Å². The first-order valence-electron chi connectivity index (χ1n) is 6.53. The predicted molar refractivity (Wildman–Crippen MR) is 72.0 cm³/mol. The van der Waals surface area contributed by atoms with Crippen LogP contribution in [0.25, 0.3) is 0 Å². The second-order valence-electron chi connectivity index (χ2n) is 5.76. The van der Waals surface area contributed by atoms with Gasteiger partial charge in [0.1, 0.15) is 0 Å². The molecule has 2 rings (SSSR count). The van der Waals surface area contributed by atoms with Gasteiger partial charge in [0.2, 0.25) is 0 Å². The number of aliphatic hydroxyl groups is 1. The van der Waals surface area contributed by atoms with Gasteiger partial charge in [0.15, 0.2) is 0 Å². The number of aryl methyl sites for hydroxylation is 1. The van der Waals surface area contributed by atoms with Gasteiger partial charge in [-0.2, -0.15) is 0 Å². The minimum Gasteiger partial charge on any atom is -0.396 e. The van der Waals surface area contributed by atoms with Crippen molar-refractivity contribution in [3.63, 3.8) is 0 Å². The Morgan fingerprint density at radius 3 is 2.58 bits per heavy atom. The van der Waals surface area contributed by atoms with Crippen molar-refractivity contribution in [2.45, 2.75) is 33.1 Å². The molecule has 2 N–H and O–H groups in total. The number of aliphatic hydroxyl groups excluding tert-OH is 1. The number of amides is 2. The Labute approximate surface area is 112 Å². The Morgan fingerprint density at radius 1 is 1.16 bits per heavy atom. The number of hydrogen-bond donors (Lipinski definition) is 2. The van der Waals surface area contributed by atoms with Crippen LogP contribution in [-0.2, 0) is 6.42 Å². The summed E-state index contributed by atoms with van der Waals surface area (Å²) in [7, 11) is 0. The lowest BCUT2D eigenvalue weighted by Gasteiger charge is -2.23. The number of carbonyl (C=O) groups is 2. The zero-order chi connectivity index (χ0) is 14.0. The van der Waals surface area contributed by atoms with Crippen molar-refractivity contribution in [3.05, 3.63) is 34.9 Å². The highest BCUT2D eigenvalue weighted by atomic mass is 16.3. The Balaban J connectivity index is 2.19. The van der Waals surface area contributed by atoms with Crippen molar-refractivity contribution in [2.75, 3.05) is 6.61 Å². The normalized spacial score (nSPS) is 14.5. The number of nitrogens with one attached hydrogen (secondary N) is 1. The highest BCUT2D eigenvalue weighted by molar-refractivity contribution is 6.22. The number of fused-ring (bicyclic) bond motifs is 1. The molecule has 0 aliphatic carbocycles. The standard InChI is InChI=1S/C15H19NO3/c1-15(2,8-9-17)7-6-10-4-3-5-11-12(10)14(19)16-13(11)18/h3-5,17H,6-9H2,1-2H3,(H,16,18,19). The minimum absolute atomic E-state index is 0.0244. The predicted octanol–water partition coefficient (Wildman–Crippen LogP) is 1.91. The quantitative estimate of drug-likeness (QED) is 0.796. The fourth-order valence-corrected chi connectivity index (χ4v) is 2.40. The van der Waals surface area contributed by atoms with Crippen LogP contribution < -0.4 is 5.32 Å². The molecule has 19 heavy (non-hydrogen) atoms. The number of benzene rings is 1. The summed E-state index contributed by atoms with van der Waals surface area (Å²) in [6, 6.07) is 5.38. The first-order valence-corrected chi connectivity index (χ1v) is 6.53. The maximum absolute atomic E-state index is 11.8. The van der Waals surface area contributed by atoms with Crippen molar-refractivity contribution in [1.82, 2.24) is 5.32 Å². The molecule has 0 fully saturated rings. The van der Waals surface area contributed by atoms with Gasteiger partial charge < -0.3 is 5.11 Å². The summed E-state index contributed by atoms with van der Waals surface area (Å²) in [6.45, 7) is 4.36. The van der Waals surface area contributed by atoms with Crippen molar-refractivity contribution < 1.29 is 14.7 Å². The van der Waals surface area contributed by atoms with E-state index in [2.05, 4.69) is 19.2 Å². The van der Waals surface area contributed by atoms with E-state index in [1.165, 1.54) is 0 Å². The zero-order valence-electron chi connectivity index (χ0n) is 11.3. The fraction of sp³-hybridized carbons (Fsp3) is 0.467. The van der Waals surface area contributed by atoms with Crippen LogP contribution in [0.3, 0.4) is 0 Å². The molecule has 0 saturated carbocycles. The number of imide groups is 1. The molecule has 0 unspecified atom stereocenters. The summed E-state index contributed by atoms with van der Waals surface area (Å²) in [5, 5.41) is 11.3. The molecule has 1 aliphatic rings. The molecule has 4 heteroatoms. The van der Waals surface area contributed by atoms with Gasteiger partial charge in [0, 0.05) is 6.61 Å². The highest BCUT2D eigenvalue weighted by Gasteiger charge is 2.29. The maximum atomic E-state index is 11.8. The maximum Gasteiger partial charge on any atom is 0.259 e. The lowest BCUT2D eigenvalue weighted by molar-refractivity contribution is 0.0879. The molecule has 1 heterocycles. The molecule has 0 bridgehead atoms. The van der Waals surface area contributed by atoms with Crippen LogP contribution in [0, 0.1) is 5.41 Å². The van der Waals surface area contributed by atoms with Crippen molar-refractivity contribution in [1.29, 1.82) is 0 Å². The second kappa shape index (κ2) is 5.13. The molecular formula is C15H19NO3. The van der Waals surface area contributed by atoms with Gasteiger partial charge in [0.05, 0.1) is 11.1 Å². The van der Waals surface area contributed by atoms with E-state index in [-0.39, 0.29) is 23.8 Å². The largest absolute Gasteiger partial charge is 0.396 e. The molecule has 4 nitrogen and oxygen atoms in total. The molecule has 0 radical (unpaired) electrons. The molecule has 0 saturated heterocycles. The van der Waals surface area contributed by atoms with E-state index in [1.54, 1.807) is 6.07 Å². The van der Waals surface area contributed by atoms with Gasteiger partial charge >= 0.3 is 0 Å². The van der Waals surface area contributed by atoms with Crippen molar-refractivity contribution >= 4 is 11.8 Å². The van der Waals surface area contributed by atoms with Crippen LogP contribution in [0.15, 0.2) is 18.2 Å². The van der Waals surface area contributed by atoms with Gasteiger partial charge in [-0.25, -0.2) is 0 Å². The van der Waals surface area contributed by atoms with Gasteiger partial charge in [-0.3, -0.25) is 14.9 Å². The summed E-state index contributed by atoms with van der Waals surface area (Å²) in [5.41, 5.74) is 1.93. The van der Waals surface area contributed by atoms with Crippen LogP contribution in [0.4, 0.5) is 0 Å². The molecule has 102 valence electrons. The monoisotopic (exact) mass is 261 g/mol. The van der Waals surface area contributed by atoms with Gasteiger partial charge in [-0.15, -0.1) is 0 Å². The summed E-state index contributed by atoms with van der Waals surface area (Å²) in [4.78, 5) is 23.3. The number of carbonyl (C=O) groups excluding carboxylic acids is 2. The smallest absolute Gasteiger partial charge is 0.259 e. The van der Waals surface area contributed by atoms with Gasteiger partial charge in [-0.05, 0) is 36.3 Å². The molecule has 1 aromatic carbocycles. The Kier molecular flexibility index (Phi) is 3.71. The van der Waals surface area contributed by atoms with Crippen molar-refractivity contribution in [2.24, 2.45) is 5.41 Å². The van der Waals surface area contributed by atoms with Crippen molar-refractivity contribution in [3.8, 4) is 0 Å². The number of rotatable bonds is 5. The average Bonchev–Trinajstić information content (AvgIpc) is 2.63. The average molecular weight is 261 g/mol. The second-order valence-corrected chi connectivity index (χ2v) is 5.76. The van der Waals surface area contributed by atoms with Crippen LogP contribution in [-0.4, -0.2) is 23.5 Å². The summed E-state index contributed by atoms with van der Waals surface area (Å²) in [5.74, 6) is -0.605. The van der Waals surface area contributed by atoms with Crippen LogP contribution in [0.5, 0.6) is 0 Å². The first kappa shape index (κ1) is 13.7. The SMILES string of the molecule is CC(C)(CCO)CCc1cccc2c1C(=O)NC2=O. The lowest BCUT2D eigenvalue weighted by atomic mass is 9.82. The van der Waals surface area contributed by atoms with E-state index in [9.17, 15) is 9.59 Å². The molecule has 0 aromatic heterocycles. The highest BCUT2D eigenvalue weighted by Crippen LogP contribution is 2.29. The van der Waals surface area contributed by atoms with E-state index >= 15 is 0 Å². The van der Waals surface area contributed by atoms with E-state index in [1.807, 2.05) is 12.1 Å². The molecule has 1 aromatic rings. The summed E-state index contributed by atoms with van der Waals surface area (Å²) in [6.07, 6.45) is 2.33. The van der Waals surface area contributed by atoms with E-state index in [4.69, 9.17) is 5.11 Å². The molecule has 0 spiro atoms. The summed E-state index contributed by atoms with van der Waals surface area (Å²) < 4.78 is 0. The van der Waals surface area contributed by atoms with E-state index in [0.717, 1.165) is 24.8 Å². The molecule has 1 aliphatic heterocycles. The third-order valence-corrected chi connectivity index (χ3v) is 3.71. The van der Waals surface area contributed by atoms with Gasteiger partial charge in [0.25, 0.3) is 11.8 Å². The summed E-state index contributed by atoms with van der Waals surface area (Å²) >= 11 is 0. The third kappa shape index (κ3) is 2.84. The van der Waals surface area contributed by atoms with Crippen LogP contribution in [0.1, 0.15) is 53.0 Å². The third-order valence-electron chi connectivity index (χ3n) is 3.71. The number of hydrogen-bond acceptors (Lipinski definition) is 3. The Morgan fingerprint density at radius 2 is 1.89 bits per heavy atom. The van der Waals surface area contributed by atoms with E-state index < -0.39 is 0 Å². The molecule has 2 amide bonds. The first-order chi connectivity index (χ1) is 8.94. The molecule has 0 atom stereocenters. The minimum atomic E-state index is -0.309. The Hall–Kier alpha value is -1.68. The fourth-order valence-electron chi connectivity index (χ4n) is 2.40. The van der Waals surface area contributed by atoms with Crippen LogP contribution >= 0.6 is 0 Å². The lowest BCUT2D eigenvalue weighted by Crippen LogP contribution is -2.20. The van der Waals surface area contributed by atoms with Gasteiger partial charge in [-0.1, -0.05) is 26.0 Å². The van der Waals surface area contributed by atoms with E-state index in [0.29, 0.717) is 11.1 Å².